The van der Waals surface area contributed by atoms with Crippen molar-refractivity contribution in [1.29, 1.82) is 0 Å². The Labute approximate surface area is 113 Å². The molecule has 0 amide bonds. The van der Waals surface area contributed by atoms with E-state index in [4.69, 9.17) is 5.84 Å². The number of hydrogen-bond donors (Lipinski definition) is 1. The Hall–Kier alpha value is -2.31. The van der Waals surface area contributed by atoms with Crippen LogP contribution in [0.3, 0.4) is 0 Å². The molecule has 4 nitrogen and oxygen atoms in total. The van der Waals surface area contributed by atoms with E-state index in [-0.39, 0.29) is 0 Å². The van der Waals surface area contributed by atoms with Crippen LogP contribution in [-0.2, 0) is 13.2 Å². The molecule has 106 valence electrons. The predicted molar refractivity (Wildman–Crippen MR) is 70.0 cm³/mol. The molecule has 20 heavy (non-hydrogen) atoms. The van der Waals surface area contributed by atoms with Gasteiger partial charge < -0.3 is 5.84 Å². The smallest absolute Gasteiger partial charge is 0.323 e. The number of hydrogen-bond acceptors (Lipinski definition) is 3. The van der Waals surface area contributed by atoms with Crippen LogP contribution in [0.4, 0.5) is 13.2 Å². The maximum atomic E-state index is 12.5. The average Bonchev–Trinajstić information content (AvgIpc) is 2.79. The number of rotatable bonds is 2. The summed E-state index contributed by atoms with van der Waals surface area (Å²) in [6, 6.07) is 6.66. The Bertz CT molecular complexity index is 639. The van der Waals surface area contributed by atoms with Crippen LogP contribution >= 0.6 is 0 Å². The summed E-state index contributed by atoms with van der Waals surface area (Å²) in [5.74, 6) is 5.18. The van der Waals surface area contributed by atoms with Crippen molar-refractivity contribution in [3.63, 3.8) is 0 Å². The monoisotopic (exact) mass is 282 g/mol. The minimum Gasteiger partial charge on any atom is -0.323 e. The molecule has 0 radical (unpaired) electrons. The zero-order chi connectivity index (χ0) is 14.9. The van der Waals surface area contributed by atoms with E-state index in [1.165, 1.54) is 12.1 Å². The van der Waals surface area contributed by atoms with E-state index in [1.54, 1.807) is 24.7 Å². The average molecular weight is 282 g/mol. The number of aromatic nitrogens is 2. The molecule has 1 aromatic carbocycles. The molecule has 0 aliphatic heterocycles. The molecule has 1 aromatic heterocycles. The second-order valence-electron chi connectivity index (χ2n) is 4.33. The third kappa shape index (κ3) is 2.66. The second kappa shape index (κ2) is 4.99. The van der Waals surface area contributed by atoms with Crippen LogP contribution in [0.5, 0.6) is 0 Å². The van der Waals surface area contributed by atoms with Gasteiger partial charge in [-0.25, -0.2) is 0 Å². The highest BCUT2D eigenvalue weighted by atomic mass is 19.4. The number of benzene rings is 1. The molecule has 0 aliphatic carbocycles. The van der Waals surface area contributed by atoms with Crippen LogP contribution < -0.4 is 5.84 Å². The predicted octanol–water partition coefficient (Wildman–Crippen LogP) is 2.79. The number of halogens is 3. The number of alkyl halides is 3. The van der Waals surface area contributed by atoms with E-state index in [2.05, 4.69) is 10.2 Å². The van der Waals surface area contributed by atoms with Gasteiger partial charge in [-0.1, -0.05) is 12.1 Å². The molecule has 7 heteroatoms. The van der Waals surface area contributed by atoms with Crippen molar-refractivity contribution in [2.24, 2.45) is 18.0 Å². The summed E-state index contributed by atoms with van der Waals surface area (Å²) in [4.78, 5) is 0. The minimum absolute atomic E-state index is 0.554. The van der Waals surface area contributed by atoms with Gasteiger partial charge >= 0.3 is 6.18 Å². The van der Waals surface area contributed by atoms with Crippen LogP contribution in [0.2, 0.25) is 0 Å². The van der Waals surface area contributed by atoms with Crippen molar-refractivity contribution in [3.05, 3.63) is 41.6 Å². The van der Waals surface area contributed by atoms with Crippen molar-refractivity contribution >= 4 is 5.71 Å². The topological polar surface area (TPSA) is 56.2 Å². The van der Waals surface area contributed by atoms with Gasteiger partial charge in [0.25, 0.3) is 0 Å². The van der Waals surface area contributed by atoms with Gasteiger partial charge in [-0.3, -0.25) is 4.68 Å². The summed E-state index contributed by atoms with van der Waals surface area (Å²) in [6.07, 6.45) is -4.33. The fourth-order valence-electron chi connectivity index (χ4n) is 1.81. The van der Waals surface area contributed by atoms with Crippen molar-refractivity contribution in [1.82, 2.24) is 9.78 Å². The molecule has 2 rings (SSSR count). The summed E-state index contributed by atoms with van der Waals surface area (Å²) in [7, 11) is 1.71. The lowest BCUT2D eigenvalue weighted by molar-refractivity contribution is -0.137. The first-order valence-electron chi connectivity index (χ1n) is 5.79. The Morgan fingerprint density at radius 3 is 2.35 bits per heavy atom. The number of nitrogens with two attached hydrogens (primary N) is 1. The zero-order valence-electron chi connectivity index (χ0n) is 10.9. The van der Waals surface area contributed by atoms with Crippen molar-refractivity contribution in [3.8, 4) is 11.3 Å². The quantitative estimate of drug-likeness (QED) is 0.523. The van der Waals surface area contributed by atoms with Gasteiger partial charge in [-0.2, -0.15) is 23.4 Å². The molecule has 0 unspecified atom stereocenters. The van der Waals surface area contributed by atoms with E-state index in [1.807, 2.05) is 0 Å². The molecule has 0 fully saturated rings. The molecule has 2 aromatic rings. The van der Waals surface area contributed by atoms with E-state index < -0.39 is 11.7 Å². The summed E-state index contributed by atoms with van der Waals surface area (Å²) >= 11 is 0. The van der Waals surface area contributed by atoms with Gasteiger partial charge in [0, 0.05) is 7.05 Å². The van der Waals surface area contributed by atoms with Crippen molar-refractivity contribution < 1.29 is 13.2 Å². The van der Waals surface area contributed by atoms with Crippen LogP contribution in [0.15, 0.2) is 35.4 Å². The van der Waals surface area contributed by atoms with Crippen LogP contribution in [-0.4, -0.2) is 15.5 Å². The van der Waals surface area contributed by atoms with Gasteiger partial charge in [0.1, 0.15) is 5.69 Å². The normalized spacial score (nSPS) is 12.8. The maximum absolute atomic E-state index is 12.5. The highest BCUT2D eigenvalue weighted by Gasteiger charge is 2.30. The molecule has 1 heterocycles. The van der Waals surface area contributed by atoms with Gasteiger partial charge in [0.15, 0.2) is 0 Å². The molecule has 0 spiro atoms. The Morgan fingerprint density at radius 2 is 1.85 bits per heavy atom. The summed E-state index contributed by atoms with van der Waals surface area (Å²) in [5.41, 5.74) is 1.80. The lowest BCUT2D eigenvalue weighted by atomic mass is 10.1. The largest absolute Gasteiger partial charge is 0.416 e. The molecular formula is C13H13F3N4. The fourth-order valence-corrected chi connectivity index (χ4v) is 1.81. The highest BCUT2D eigenvalue weighted by molar-refractivity contribution is 5.97. The fraction of sp³-hybridized carbons (Fsp3) is 0.231. The first kappa shape index (κ1) is 14.1. The Morgan fingerprint density at radius 1 is 1.25 bits per heavy atom. The van der Waals surface area contributed by atoms with E-state index in [0.717, 1.165) is 12.1 Å². The van der Waals surface area contributed by atoms with Crippen LogP contribution in [0.1, 0.15) is 18.2 Å². The van der Waals surface area contributed by atoms with E-state index in [0.29, 0.717) is 22.7 Å². The third-order valence-electron chi connectivity index (χ3n) is 2.95. The molecule has 0 bridgehead atoms. The molecular weight excluding hydrogens is 269 g/mol. The number of nitrogens with zero attached hydrogens (tertiary/aromatic N) is 3. The summed E-state index contributed by atoms with van der Waals surface area (Å²) in [6.45, 7) is 1.71. The van der Waals surface area contributed by atoms with Gasteiger partial charge in [-0.05, 0) is 30.7 Å². The first-order valence-corrected chi connectivity index (χ1v) is 5.79. The van der Waals surface area contributed by atoms with Gasteiger partial charge in [-0.15, -0.1) is 0 Å². The zero-order valence-corrected chi connectivity index (χ0v) is 10.9. The van der Waals surface area contributed by atoms with Gasteiger partial charge in [0.2, 0.25) is 0 Å². The molecule has 2 N–H and O–H groups in total. The third-order valence-corrected chi connectivity index (χ3v) is 2.95. The molecule has 0 atom stereocenters. The standard InChI is InChI=1S/C13H13F3N4/c1-8(18-17)11-7-12(20(2)19-11)9-3-5-10(6-4-9)13(14,15)16/h3-7H,17H2,1-2H3. The maximum Gasteiger partial charge on any atom is 0.416 e. The van der Waals surface area contributed by atoms with Crippen molar-refractivity contribution in [2.45, 2.75) is 13.1 Å². The van der Waals surface area contributed by atoms with Crippen LogP contribution in [0.25, 0.3) is 11.3 Å². The summed E-state index contributed by atoms with van der Waals surface area (Å²) in [5, 5.41) is 7.76. The summed E-state index contributed by atoms with van der Waals surface area (Å²) < 4.78 is 39.1. The molecule has 0 saturated carbocycles. The van der Waals surface area contributed by atoms with Gasteiger partial charge in [0.05, 0.1) is 17.0 Å². The minimum atomic E-state index is -4.33. The highest BCUT2D eigenvalue weighted by Crippen LogP contribution is 2.31. The second-order valence-corrected chi connectivity index (χ2v) is 4.33. The Balaban J connectivity index is 2.40. The number of hydrazone groups is 1. The van der Waals surface area contributed by atoms with E-state index in [9.17, 15) is 13.2 Å². The first-order chi connectivity index (χ1) is 9.32. The molecule has 0 aliphatic rings. The lowest BCUT2D eigenvalue weighted by Gasteiger charge is -2.07. The van der Waals surface area contributed by atoms with E-state index >= 15 is 0 Å². The SMILES string of the molecule is CC(=NN)c1cc(-c2ccc(C(F)(F)F)cc2)n(C)n1. The Kier molecular flexibility index (Phi) is 3.52. The van der Waals surface area contributed by atoms with Crippen molar-refractivity contribution in [2.75, 3.05) is 0 Å². The molecule has 0 saturated heterocycles. The van der Waals surface area contributed by atoms with Crippen LogP contribution in [0, 0.1) is 0 Å². The lowest BCUT2D eigenvalue weighted by Crippen LogP contribution is -2.04. The number of aryl methyl sites for hydroxylation is 1.